The van der Waals surface area contributed by atoms with Gasteiger partial charge in [-0.3, -0.25) is 0 Å². The Labute approximate surface area is 374 Å². The molecule has 5 rings (SSSR count). The normalized spacial score (nSPS) is 13.6. The molecule has 0 aromatic heterocycles. The summed E-state index contributed by atoms with van der Waals surface area (Å²) in [5.41, 5.74) is 12.8. The van der Waals surface area contributed by atoms with E-state index in [2.05, 4.69) is 158 Å². The zero-order valence-electron chi connectivity index (χ0n) is 40.2. The minimum Gasteiger partial charge on any atom is -0.489 e. The summed E-state index contributed by atoms with van der Waals surface area (Å²) in [4.78, 5) is 0. The summed E-state index contributed by atoms with van der Waals surface area (Å²) in [5.74, 6) is 3.33. The maximum Gasteiger partial charge on any atom is 0.128 e. The van der Waals surface area contributed by atoms with E-state index in [-0.39, 0.29) is 21.7 Å². The molecule has 0 amide bonds. The van der Waals surface area contributed by atoms with Gasteiger partial charge in [0, 0.05) is 30.4 Å². The first-order chi connectivity index (χ1) is 29.1. The highest BCUT2D eigenvalue weighted by atomic mass is 16.5. The van der Waals surface area contributed by atoms with Gasteiger partial charge in [0.25, 0.3) is 0 Å². The lowest BCUT2D eigenvalue weighted by atomic mass is 9.80. The molecule has 5 heteroatoms. The topological polar surface area (TPSA) is 46.2 Å². The van der Waals surface area contributed by atoms with Crippen LogP contribution in [0.2, 0.25) is 0 Å². The average Bonchev–Trinajstić information content (AvgIpc) is 3.17. The number of rotatable bonds is 12. The quantitative estimate of drug-likeness (QED) is 0.133. The Kier molecular flexibility index (Phi) is 15.2. The van der Waals surface area contributed by atoms with Gasteiger partial charge in [0.2, 0.25) is 0 Å². The first kappa shape index (κ1) is 48.0. The van der Waals surface area contributed by atoms with Gasteiger partial charge < -0.3 is 23.7 Å². The van der Waals surface area contributed by atoms with Crippen LogP contribution >= 0.6 is 0 Å². The molecule has 4 aromatic rings. The largest absolute Gasteiger partial charge is 0.489 e. The molecule has 0 N–H and O–H groups in total. The molecule has 0 fully saturated rings. The Morgan fingerprint density at radius 3 is 0.758 bits per heavy atom. The van der Waals surface area contributed by atoms with Gasteiger partial charge in [-0.05, 0) is 89.4 Å². The van der Waals surface area contributed by atoms with Crippen LogP contribution in [0.1, 0.15) is 150 Å². The van der Waals surface area contributed by atoms with E-state index < -0.39 is 0 Å². The van der Waals surface area contributed by atoms with Crippen LogP contribution < -0.4 is 18.9 Å². The number of hydrogen-bond acceptors (Lipinski definition) is 5. The summed E-state index contributed by atoms with van der Waals surface area (Å²) < 4.78 is 33.7. The van der Waals surface area contributed by atoms with E-state index in [1.54, 1.807) is 12.2 Å². The van der Waals surface area contributed by atoms with Crippen LogP contribution in [0.15, 0.2) is 99.2 Å². The summed E-state index contributed by atoms with van der Waals surface area (Å²) in [6.45, 7) is 45.4. The lowest BCUT2D eigenvalue weighted by Crippen LogP contribution is -2.17. The van der Waals surface area contributed by atoms with E-state index in [0.29, 0.717) is 58.9 Å². The molecule has 4 aromatic carbocycles. The molecule has 0 saturated carbocycles. The van der Waals surface area contributed by atoms with Crippen LogP contribution in [-0.2, 0) is 58.9 Å². The van der Waals surface area contributed by atoms with Crippen molar-refractivity contribution in [3.05, 3.63) is 166 Å². The van der Waals surface area contributed by atoms with Crippen molar-refractivity contribution in [1.82, 2.24) is 0 Å². The van der Waals surface area contributed by atoms with E-state index in [4.69, 9.17) is 23.7 Å². The molecule has 1 aliphatic rings. The van der Waals surface area contributed by atoms with Gasteiger partial charge in [0.15, 0.2) is 0 Å². The van der Waals surface area contributed by atoms with E-state index in [1.807, 2.05) is 12.2 Å². The molecule has 0 saturated heterocycles. The summed E-state index contributed by atoms with van der Waals surface area (Å²) in [5, 5.41) is 0. The third kappa shape index (κ3) is 11.7. The molecule has 1 aliphatic heterocycles. The number of benzene rings is 4. The zero-order valence-corrected chi connectivity index (χ0v) is 40.2. The van der Waals surface area contributed by atoms with Gasteiger partial charge >= 0.3 is 0 Å². The maximum absolute atomic E-state index is 6.82. The zero-order chi connectivity index (χ0) is 45.6. The molecule has 5 nitrogen and oxygen atoms in total. The van der Waals surface area contributed by atoms with Gasteiger partial charge in [0.05, 0.1) is 13.2 Å². The van der Waals surface area contributed by atoms with Crippen LogP contribution in [0.25, 0.3) is 0 Å². The van der Waals surface area contributed by atoms with Crippen molar-refractivity contribution < 1.29 is 23.7 Å². The second-order valence-corrected chi connectivity index (χ2v) is 20.9. The number of fused-ring (bicyclic) bond motifs is 8. The molecule has 0 radical (unpaired) electrons. The van der Waals surface area contributed by atoms with Crippen molar-refractivity contribution in [3.63, 3.8) is 0 Å². The Bertz CT molecular complexity index is 2100. The summed E-state index contributed by atoms with van der Waals surface area (Å²) in [7, 11) is 0. The highest BCUT2D eigenvalue weighted by Gasteiger charge is 2.28. The molecule has 0 unspecified atom stereocenters. The van der Waals surface area contributed by atoms with Crippen molar-refractivity contribution in [1.29, 1.82) is 0 Å². The number of ether oxygens (including phenoxy) is 5. The minimum atomic E-state index is -0.149. The van der Waals surface area contributed by atoms with Crippen LogP contribution in [0, 0.1) is 0 Å². The van der Waals surface area contributed by atoms with E-state index in [9.17, 15) is 0 Å². The molecular weight excluding hydrogens is 765 g/mol. The third-order valence-electron chi connectivity index (χ3n) is 11.5. The van der Waals surface area contributed by atoms with Crippen molar-refractivity contribution in [2.75, 3.05) is 26.4 Å². The monoisotopic (exact) mass is 839 g/mol. The Morgan fingerprint density at radius 1 is 0.371 bits per heavy atom. The maximum atomic E-state index is 6.82. The van der Waals surface area contributed by atoms with Gasteiger partial charge in [0.1, 0.15) is 49.4 Å². The van der Waals surface area contributed by atoms with Gasteiger partial charge in [-0.1, -0.05) is 170 Å². The predicted molar refractivity (Wildman–Crippen MR) is 260 cm³/mol. The van der Waals surface area contributed by atoms with Crippen molar-refractivity contribution >= 4 is 0 Å². The Morgan fingerprint density at radius 2 is 0.565 bits per heavy atom. The van der Waals surface area contributed by atoms with Crippen LogP contribution in [0.4, 0.5) is 0 Å². The van der Waals surface area contributed by atoms with Crippen LogP contribution in [0.5, 0.6) is 23.0 Å². The second-order valence-electron chi connectivity index (χ2n) is 20.9. The van der Waals surface area contributed by atoms with Gasteiger partial charge in [-0.2, -0.15) is 0 Å². The molecule has 1 heterocycles. The molecular formula is C57H74O5. The molecule has 0 atom stereocenters. The molecule has 8 bridgehead atoms. The summed E-state index contributed by atoms with van der Waals surface area (Å²) in [6.07, 6.45) is 8.99. The van der Waals surface area contributed by atoms with Crippen molar-refractivity contribution in [2.45, 2.75) is 137 Å². The smallest absolute Gasteiger partial charge is 0.128 e. The molecule has 0 spiro atoms. The van der Waals surface area contributed by atoms with Crippen LogP contribution in [-0.4, -0.2) is 26.4 Å². The average molecular weight is 839 g/mol. The van der Waals surface area contributed by atoms with E-state index in [0.717, 1.165) is 67.5 Å². The SMILES string of the molecule is C=CCOc1c2cc(C(C)(C)C)cc1Cc1cc(C(C)(C)C)cc(c1OCC=C)Cc1cc(C(C)(C)C)cc(c1OCC=C)Cc1cc(C(C)(C)C)cc(c1OCC=C)COC2. The fraction of sp³-hybridized carbons (Fsp3) is 0.439. The van der Waals surface area contributed by atoms with E-state index in [1.165, 1.54) is 22.3 Å². The summed E-state index contributed by atoms with van der Waals surface area (Å²) >= 11 is 0. The minimum absolute atomic E-state index is 0.142. The first-order valence-corrected chi connectivity index (χ1v) is 22.3. The summed E-state index contributed by atoms with van der Waals surface area (Å²) in [6, 6.07) is 18.4. The lowest BCUT2D eigenvalue weighted by molar-refractivity contribution is 0.102. The van der Waals surface area contributed by atoms with E-state index >= 15 is 0 Å². The third-order valence-corrected chi connectivity index (χ3v) is 11.5. The Balaban J connectivity index is 1.98. The predicted octanol–water partition coefficient (Wildman–Crippen LogP) is 13.9. The first-order valence-electron chi connectivity index (χ1n) is 22.3. The van der Waals surface area contributed by atoms with Crippen LogP contribution in [0.3, 0.4) is 0 Å². The van der Waals surface area contributed by atoms with Gasteiger partial charge in [-0.15, -0.1) is 0 Å². The molecule has 62 heavy (non-hydrogen) atoms. The number of hydrogen-bond donors (Lipinski definition) is 0. The highest BCUT2D eigenvalue weighted by molar-refractivity contribution is 5.58. The second kappa shape index (κ2) is 19.6. The standard InChI is InChI=1S/C57H74O5/c1-17-21-59-50-38-25-39-29-47(55(8,9)10)31-41(51(39)60-22-18-2)27-43-33-49(57(14,15)16)35-45(53(43)62-24-20-4)37-58-36-44-34-48(56(11,12)13)32-42(52(44)61-23-19-3)26-40(50)30-46(28-38)54(5,6)7/h17-20,28-35H,1-4,21-27,36-37H2,5-16H3. The van der Waals surface area contributed by atoms with Crippen molar-refractivity contribution in [2.24, 2.45) is 0 Å². The lowest BCUT2D eigenvalue weighted by Gasteiger charge is -2.28. The van der Waals surface area contributed by atoms with Gasteiger partial charge in [-0.25, -0.2) is 0 Å². The molecule has 0 aliphatic carbocycles. The molecule has 332 valence electrons. The fourth-order valence-corrected chi connectivity index (χ4v) is 7.95. The Hall–Kier alpha value is -5.00. The highest BCUT2D eigenvalue weighted by Crippen LogP contribution is 2.43. The van der Waals surface area contributed by atoms with Crippen molar-refractivity contribution in [3.8, 4) is 23.0 Å². The fourth-order valence-electron chi connectivity index (χ4n) is 7.95.